The number of nitrogens with two attached hydrogens (primary N) is 1. The molecule has 0 fully saturated rings. The molecule has 1 heterocycles. The second kappa shape index (κ2) is 8.17. The van der Waals surface area contributed by atoms with Gasteiger partial charge < -0.3 is 11.1 Å². The van der Waals surface area contributed by atoms with Crippen LogP contribution in [0.25, 0.3) is 10.9 Å². The highest BCUT2D eigenvalue weighted by atomic mass is 35.5. The van der Waals surface area contributed by atoms with Gasteiger partial charge in [-0.3, -0.25) is 4.98 Å². The molecule has 4 heteroatoms. The Kier molecular flexibility index (Phi) is 5.96. The molecule has 1 aliphatic carbocycles. The fourth-order valence-electron chi connectivity index (χ4n) is 3.56. The minimum absolute atomic E-state index is 0.0393. The first-order valence-corrected chi connectivity index (χ1v) is 9.69. The first-order chi connectivity index (χ1) is 11.7. The van der Waals surface area contributed by atoms with Crippen LogP contribution in [-0.4, -0.2) is 16.5 Å². The molecular weight excluding hydrogens is 318 g/mol. The van der Waals surface area contributed by atoms with E-state index in [0.717, 1.165) is 44.0 Å². The van der Waals surface area contributed by atoms with E-state index in [4.69, 9.17) is 22.3 Å². The number of benzene rings is 1. The van der Waals surface area contributed by atoms with E-state index in [9.17, 15) is 0 Å². The van der Waals surface area contributed by atoms with Crippen molar-refractivity contribution in [1.82, 2.24) is 4.98 Å². The first kappa shape index (κ1) is 17.5. The van der Waals surface area contributed by atoms with Gasteiger partial charge in [0, 0.05) is 22.1 Å². The molecule has 3 N–H and O–H groups in total. The summed E-state index contributed by atoms with van der Waals surface area (Å²) in [7, 11) is 0. The molecule has 2 aromatic rings. The normalized spacial score (nSPS) is 16.6. The Morgan fingerprint density at radius 1 is 1.21 bits per heavy atom. The summed E-state index contributed by atoms with van der Waals surface area (Å²) in [5.41, 5.74) is 11.3. The highest BCUT2D eigenvalue weighted by Gasteiger charge is 2.19. The molecule has 24 heavy (non-hydrogen) atoms. The number of nitrogens with zero attached hydrogens (tertiary/aromatic N) is 1. The maximum Gasteiger partial charge on any atom is 0.0743 e. The van der Waals surface area contributed by atoms with Crippen LogP contribution in [0.2, 0.25) is 0 Å². The van der Waals surface area contributed by atoms with Crippen LogP contribution in [0.1, 0.15) is 56.7 Å². The van der Waals surface area contributed by atoms with Crippen molar-refractivity contribution in [2.75, 3.05) is 5.32 Å². The number of para-hydroxylation sites is 1. The standard InChI is InChI=1S/C20H28ClN3/c1-2-14(21)8-7-13-19(22)24-20-15-9-3-5-11-17(15)23-18-12-6-4-10-16(18)20/h3,5,9,11,14,19H,2,4,6-8,10,12-13,22H2,1H3,(H,23,24). The minimum Gasteiger partial charge on any atom is -0.369 e. The van der Waals surface area contributed by atoms with Gasteiger partial charge in [-0.2, -0.15) is 0 Å². The summed E-state index contributed by atoms with van der Waals surface area (Å²) in [4.78, 5) is 4.88. The van der Waals surface area contributed by atoms with Gasteiger partial charge in [-0.25, -0.2) is 0 Å². The zero-order valence-electron chi connectivity index (χ0n) is 14.5. The van der Waals surface area contributed by atoms with Gasteiger partial charge in [0.1, 0.15) is 0 Å². The topological polar surface area (TPSA) is 50.9 Å². The number of aromatic nitrogens is 1. The monoisotopic (exact) mass is 345 g/mol. The number of hydrogen-bond donors (Lipinski definition) is 2. The second-order valence-electron chi connectivity index (χ2n) is 6.82. The molecule has 130 valence electrons. The second-order valence-corrected chi connectivity index (χ2v) is 7.44. The molecule has 0 saturated heterocycles. The third-order valence-corrected chi connectivity index (χ3v) is 5.50. The largest absolute Gasteiger partial charge is 0.369 e. The summed E-state index contributed by atoms with van der Waals surface area (Å²) in [6.45, 7) is 2.13. The Bertz CT molecular complexity index is 686. The van der Waals surface area contributed by atoms with E-state index in [1.165, 1.54) is 35.2 Å². The molecule has 2 unspecified atom stereocenters. The zero-order valence-corrected chi connectivity index (χ0v) is 15.3. The molecule has 2 atom stereocenters. The smallest absolute Gasteiger partial charge is 0.0743 e. The van der Waals surface area contributed by atoms with Gasteiger partial charge in [0.2, 0.25) is 0 Å². The lowest BCUT2D eigenvalue weighted by Crippen LogP contribution is -2.30. The average Bonchev–Trinajstić information content (AvgIpc) is 2.61. The van der Waals surface area contributed by atoms with Gasteiger partial charge in [-0.05, 0) is 63.0 Å². The van der Waals surface area contributed by atoms with Gasteiger partial charge in [0.05, 0.1) is 11.7 Å². The predicted molar refractivity (Wildman–Crippen MR) is 104 cm³/mol. The van der Waals surface area contributed by atoms with E-state index in [0.29, 0.717) is 0 Å². The summed E-state index contributed by atoms with van der Waals surface area (Å²) in [5, 5.41) is 5.06. The Morgan fingerprint density at radius 2 is 2.00 bits per heavy atom. The molecule has 1 aliphatic rings. The number of hydrogen-bond acceptors (Lipinski definition) is 3. The van der Waals surface area contributed by atoms with E-state index in [-0.39, 0.29) is 11.5 Å². The van der Waals surface area contributed by atoms with Crippen LogP contribution in [0, 0.1) is 0 Å². The van der Waals surface area contributed by atoms with E-state index in [1.807, 2.05) is 0 Å². The van der Waals surface area contributed by atoms with Crippen molar-refractivity contribution in [3.8, 4) is 0 Å². The Balaban J connectivity index is 1.80. The molecule has 0 bridgehead atoms. The first-order valence-electron chi connectivity index (χ1n) is 9.25. The lowest BCUT2D eigenvalue weighted by atomic mass is 9.92. The van der Waals surface area contributed by atoms with Crippen molar-refractivity contribution in [1.29, 1.82) is 0 Å². The highest BCUT2D eigenvalue weighted by Crippen LogP contribution is 2.33. The number of rotatable bonds is 7. The van der Waals surface area contributed by atoms with Crippen LogP contribution >= 0.6 is 11.6 Å². The van der Waals surface area contributed by atoms with E-state index < -0.39 is 0 Å². The molecule has 0 amide bonds. The summed E-state index contributed by atoms with van der Waals surface area (Å²) in [5.74, 6) is 0. The van der Waals surface area contributed by atoms with Crippen molar-refractivity contribution in [3.05, 3.63) is 35.5 Å². The van der Waals surface area contributed by atoms with Gasteiger partial charge >= 0.3 is 0 Å². The van der Waals surface area contributed by atoms with Crippen LogP contribution < -0.4 is 11.1 Å². The fourth-order valence-corrected chi connectivity index (χ4v) is 3.71. The number of aryl methyl sites for hydroxylation is 1. The molecule has 0 saturated carbocycles. The molecular formula is C20H28ClN3. The van der Waals surface area contributed by atoms with Crippen LogP contribution in [0.3, 0.4) is 0 Å². The third-order valence-electron chi connectivity index (χ3n) is 4.97. The summed E-state index contributed by atoms with van der Waals surface area (Å²) < 4.78 is 0. The minimum atomic E-state index is -0.0393. The number of halogens is 1. The highest BCUT2D eigenvalue weighted by molar-refractivity contribution is 6.20. The van der Waals surface area contributed by atoms with E-state index >= 15 is 0 Å². The molecule has 0 aliphatic heterocycles. The van der Waals surface area contributed by atoms with Gasteiger partial charge in [-0.1, -0.05) is 25.1 Å². The molecule has 3 rings (SSSR count). The summed E-state index contributed by atoms with van der Waals surface area (Å²) >= 11 is 6.21. The predicted octanol–water partition coefficient (Wildman–Crippen LogP) is 5.00. The summed E-state index contributed by atoms with van der Waals surface area (Å²) in [6.07, 6.45) is 8.66. The van der Waals surface area contributed by atoms with Gasteiger partial charge in [-0.15, -0.1) is 11.6 Å². The van der Waals surface area contributed by atoms with Crippen molar-refractivity contribution in [3.63, 3.8) is 0 Å². The average molecular weight is 346 g/mol. The zero-order chi connectivity index (χ0) is 16.9. The van der Waals surface area contributed by atoms with E-state index in [1.54, 1.807) is 0 Å². The van der Waals surface area contributed by atoms with Gasteiger partial charge in [0.15, 0.2) is 0 Å². The van der Waals surface area contributed by atoms with Crippen LogP contribution in [0.5, 0.6) is 0 Å². The van der Waals surface area contributed by atoms with Crippen LogP contribution in [0.4, 0.5) is 5.69 Å². The molecule has 0 radical (unpaired) electrons. The van der Waals surface area contributed by atoms with Crippen LogP contribution in [-0.2, 0) is 12.8 Å². The fraction of sp³-hybridized carbons (Fsp3) is 0.550. The lowest BCUT2D eigenvalue weighted by molar-refractivity contribution is 0.585. The number of alkyl halides is 1. The van der Waals surface area contributed by atoms with Crippen molar-refractivity contribution in [2.24, 2.45) is 5.73 Å². The Hall–Kier alpha value is -1.32. The van der Waals surface area contributed by atoms with Crippen molar-refractivity contribution >= 4 is 28.2 Å². The van der Waals surface area contributed by atoms with Crippen molar-refractivity contribution in [2.45, 2.75) is 69.8 Å². The SMILES string of the molecule is CCC(Cl)CCCC(N)Nc1c2c(nc3ccccc13)CCCC2. The molecule has 1 aromatic carbocycles. The molecule has 0 spiro atoms. The number of fused-ring (bicyclic) bond motifs is 2. The van der Waals surface area contributed by atoms with Gasteiger partial charge in [0.25, 0.3) is 0 Å². The number of nitrogens with one attached hydrogen (secondary N) is 1. The number of anilines is 1. The summed E-state index contributed by atoms with van der Waals surface area (Å²) in [6, 6.07) is 8.38. The molecule has 3 nitrogen and oxygen atoms in total. The van der Waals surface area contributed by atoms with Crippen molar-refractivity contribution < 1.29 is 0 Å². The van der Waals surface area contributed by atoms with E-state index in [2.05, 4.69) is 36.5 Å². The van der Waals surface area contributed by atoms with Crippen LogP contribution in [0.15, 0.2) is 24.3 Å². The maximum absolute atomic E-state index is 6.38. The maximum atomic E-state index is 6.38. The Morgan fingerprint density at radius 3 is 2.83 bits per heavy atom. The number of pyridine rings is 1. The molecule has 1 aromatic heterocycles. The Labute approximate surface area is 150 Å². The quantitative estimate of drug-likeness (QED) is 0.548. The third kappa shape index (κ3) is 4.01. The lowest BCUT2D eigenvalue weighted by Gasteiger charge is -2.24.